The molecule has 0 bridgehead atoms. The molecular weight excluding hydrogens is 215 g/mol. The van der Waals surface area contributed by atoms with Crippen molar-refractivity contribution >= 4 is 11.9 Å². The second kappa shape index (κ2) is 5.25. The van der Waals surface area contributed by atoms with Gasteiger partial charge >= 0.3 is 11.9 Å². The SMILES string of the molecule is CCOC(=O)c1cc(F)ccc1CC(=O)O. The van der Waals surface area contributed by atoms with Gasteiger partial charge in [0, 0.05) is 0 Å². The molecule has 0 radical (unpaired) electrons. The number of carboxylic acids is 1. The highest BCUT2D eigenvalue weighted by molar-refractivity contribution is 5.92. The fraction of sp³-hybridized carbons (Fsp3) is 0.273. The molecule has 0 fully saturated rings. The number of carbonyl (C=O) groups excluding carboxylic acids is 1. The van der Waals surface area contributed by atoms with E-state index in [1.165, 1.54) is 6.07 Å². The number of hydrogen-bond donors (Lipinski definition) is 1. The minimum absolute atomic E-state index is 0.0377. The first kappa shape index (κ1) is 12.2. The summed E-state index contributed by atoms with van der Waals surface area (Å²) in [6.07, 6.45) is -0.339. The van der Waals surface area contributed by atoms with Crippen LogP contribution >= 0.6 is 0 Å². The molecule has 86 valence electrons. The van der Waals surface area contributed by atoms with Gasteiger partial charge in [-0.25, -0.2) is 9.18 Å². The summed E-state index contributed by atoms with van der Waals surface area (Å²) in [6.45, 7) is 1.77. The molecule has 0 saturated heterocycles. The van der Waals surface area contributed by atoms with Crippen molar-refractivity contribution in [2.24, 2.45) is 0 Å². The average molecular weight is 226 g/mol. The molecule has 1 N–H and O–H groups in total. The van der Waals surface area contributed by atoms with E-state index in [2.05, 4.69) is 0 Å². The Morgan fingerprint density at radius 2 is 2.12 bits per heavy atom. The van der Waals surface area contributed by atoms with E-state index < -0.39 is 17.8 Å². The lowest BCUT2D eigenvalue weighted by atomic mass is 10.0. The van der Waals surface area contributed by atoms with Crippen molar-refractivity contribution in [3.05, 3.63) is 35.1 Å². The van der Waals surface area contributed by atoms with Crippen LogP contribution in [-0.4, -0.2) is 23.7 Å². The molecule has 0 spiro atoms. The van der Waals surface area contributed by atoms with E-state index in [1.807, 2.05) is 0 Å². The molecule has 0 heterocycles. The molecule has 1 rings (SSSR count). The Bertz CT molecular complexity index is 414. The molecule has 0 atom stereocenters. The molecule has 0 unspecified atom stereocenters. The van der Waals surface area contributed by atoms with Crippen molar-refractivity contribution in [3.63, 3.8) is 0 Å². The van der Waals surface area contributed by atoms with Crippen LogP contribution in [0, 0.1) is 5.82 Å². The number of carboxylic acid groups (broad SMARTS) is 1. The van der Waals surface area contributed by atoms with Gasteiger partial charge in [0.1, 0.15) is 5.82 Å². The quantitative estimate of drug-likeness (QED) is 0.792. The summed E-state index contributed by atoms with van der Waals surface area (Å²) in [5, 5.41) is 8.63. The van der Waals surface area contributed by atoms with E-state index in [0.717, 1.165) is 12.1 Å². The molecule has 0 aromatic heterocycles. The summed E-state index contributed by atoms with van der Waals surface area (Å²) in [5.74, 6) is -2.40. The number of halogens is 1. The predicted octanol–water partition coefficient (Wildman–Crippen LogP) is 1.63. The normalized spacial score (nSPS) is 9.88. The summed E-state index contributed by atoms with van der Waals surface area (Å²) in [4.78, 5) is 22.0. The van der Waals surface area contributed by atoms with Gasteiger partial charge in [-0.2, -0.15) is 0 Å². The zero-order chi connectivity index (χ0) is 12.1. The second-order valence-electron chi connectivity index (χ2n) is 3.09. The van der Waals surface area contributed by atoms with Crippen molar-refractivity contribution in [1.82, 2.24) is 0 Å². The zero-order valence-corrected chi connectivity index (χ0v) is 8.70. The fourth-order valence-corrected chi connectivity index (χ4v) is 1.26. The Labute approximate surface area is 91.7 Å². The van der Waals surface area contributed by atoms with Crippen LogP contribution in [0.25, 0.3) is 0 Å². The van der Waals surface area contributed by atoms with Crippen molar-refractivity contribution in [3.8, 4) is 0 Å². The van der Waals surface area contributed by atoms with E-state index in [0.29, 0.717) is 0 Å². The van der Waals surface area contributed by atoms with E-state index in [9.17, 15) is 14.0 Å². The smallest absolute Gasteiger partial charge is 0.338 e. The molecule has 0 amide bonds. The zero-order valence-electron chi connectivity index (χ0n) is 8.70. The van der Waals surface area contributed by atoms with Crippen LogP contribution in [0.4, 0.5) is 4.39 Å². The van der Waals surface area contributed by atoms with Crippen LogP contribution in [0.3, 0.4) is 0 Å². The molecule has 0 aliphatic rings. The number of hydrogen-bond acceptors (Lipinski definition) is 3. The maximum absolute atomic E-state index is 12.9. The molecule has 0 aliphatic heterocycles. The van der Waals surface area contributed by atoms with Crippen molar-refractivity contribution in [2.45, 2.75) is 13.3 Å². The molecule has 0 saturated carbocycles. The van der Waals surface area contributed by atoms with Crippen LogP contribution in [-0.2, 0) is 16.0 Å². The Hall–Kier alpha value is -1.91. The Kier molecular flexibility index (Phi) is 3.99. The van der Waals surface area contributed by atoms with Gasteiger partial charge in [0.2, 0.25) is 0 Å². The average Bonchev–Trinajstić information content (AvgIpc) is 2.20. The summed E-state index contributed by atoms with van der Waals surface area (Å²) in [7, 11) is 0. The molecule has 0 aliphatic carbocycles. The van der Waals surface area contributed by atoms with Gasteiger partial charge in [0.15, 0.2) is 0 Å². The van der Waals surface area contributed by atoms with Gasteiger partial charge in [-0.3, -0.25) is 4.79 Å². The van der Waals surface area contributed by atoms with Crippen molar-refractivity contribution in [2.75, 3.05) is 6.61 Å². The monoisotopic (exact) mass is 226 g/mol. The van der Waals surface area contributed by atoms with Crippen molar-refractivity contribution in [1.29, 1.82) is 0 Å². The first-order valence-electron chi connectivity index (χ1n) is 4.72. The number of rotatable bonds is 4. The van der Waals surface area contributed by atoms with E-state index >= 15 is 0 Å². The maximum atomic E-state index is 12.9. The highest BCUT2D eigenvalue weighted by atomic mass is 19.1. The molecule has 4 nitrogen and oxygen atoms in total. The standard InChI is InChI=1S/C11H11FO4/c1-2-16-11(15)9-6-8(12)4-3-7(9)5-10(13)14/h3-4,6H,2,5H2,1H3,(H,13,14). The van der Waals surface area contributed by atoms with Gasteiger partial charge in [0.25, 0.3) is 0 Å². The van der Waals surface area contributed by atoms with E-state index in [4.69, 9.17) is 9.84 Å². The van der Waals surface area contributed by atoms with Crippen molar-refractivity contribution < 1.29 is 23.8 Å². The van der Waals surface area contributed by atoms with Gasteiger partial charge in [-0.15, -0.1) is 0 Å². The molecule has 1 aromatic rings. The Morgan fingerprint density at radius 1 is 1.44 bits per heavy atom. The number of benzene rings is 1. The van der Waals surface area contributed by atoms with Gasteiger partial charge in [0.05, 0.1) is 18.6 Å². The summed E-state index contributed by atoms with van der Waals surface area (Å²) in [5.41, 5.74) is 0.205. The Balaban J connectivity index is 3.07. The number of carbonyl (C=O) groups is 2. The third kappa shape index (κ3) is 3.05. The number of ether oxygens (including phenoxy) is 1. The van der Waals surface area contributed by atoms with E-state index in [-0.39, 0.29) is 24.2 Å². The van der Waals surface area contributed by atoms with Gasteiger partial charge < -0.3 is 9.84 Å². The number of aliphatic carboxylic acids is 1. The summed E-state index contributed by atoms with van der Waals surface area (Å²) >= 11 is 0. The van der Waals surface area contributed by atoms with Gasteiger partial charge in [-0.1, -0.05) is 6.07 Å². The second-order valence-corrected chi connectivity index (χ2v) is 3.09. The Morgan fingerprint density at radius 3 is 2.69 bits per heavy atom. The third-order valence-corrected chi connectivity index (χ3v) is 1.91. The third-order valence-electron chi connectivity index (χ3n) is 1.91. The summed E-state index contributed by atoms with van der Waals surface area (Å²) in [6, 6.07) is 3.37. The fourth-order valence-electron chi connectivity index (χ4n) is 1.26. The van der Waals surface area contributed by atoms with Crippen LogP contribution in [0.2, 0.25) is 0 Å². The largest absolute Gasteiger partial charge is 0.481 e. The minimum Gasteiger partial charge on any atom is -0.481 e. The lowest BCUT2D eigenvalue weighted by Crippen LogP contribution is -2.11. The predicted molar refractivity (Wildman–Crippen MR) is 53.7 cm³/mol. The first-order valence-corrected chi connectivity index (χ1v) is 4.72. The van der Waals surface area contributed by atoms with E-state index in [1.54, 1.807) is 6.92 Å². The lowest BCUT2D eigenvalue weighted by molar-refractivity contribution is -0.136. The molecule has 1 aromatic carbocycles. The highest BCUT2D eigenvalue weighted by Crippen LogP contribution is 2.13. The minimum atomic E-state index is -1.09. The molecule has 16 heavy (non-hydrogen) atoms. The number of esters is 1. The lowest BCUT2D eigenvalue weighted by Gasteiger charge is -2.06. The highest BCUT2D eigenvalue weighted by Gasteiger charge is 2.15. The van der Waals surface area contributed by atoms with Crippen LogP contribution in [0.5, 0.6) is 0 Å². The maximum Gasteiger partial charge on any atom is 0.338 e. The van der Waals surface area contributed by atoms with Crippen LogP contribution < -0.4 is 0 Å². The van der Waals surface area contributed by atoms with Gasteiger partial charge in [-0.05, 0) is 24.6 Å². The molecular formula is C11H11FO4. The summed E-state index contributed by atoms with van der Waals surface area (Å²) < 4.78 is 17.6. The molecule has 5 heteroatoms. The van der Waals surface area contributed by atoms with Crippen LogP contribution in [0.15, 0.2) is 18.2 Å². The first-order chi connectivity index (χ1) is 7.54. The van der Waals surface area contributed by atoms with Crippen LogP contribution in [0.1, 0.15) is 22.8 Å². The topological polar surface area (TPSA) is 63.6 Å².